The molecule has 0 saturated carbocycles. The molecule has 0 amide bonds. The summed E-state index contributed by atoms with van der Waals surface area (Å²) in [6.45, 7) is 26.8. The molecule has 0 unspecified atom stereocenters. The molecule has 242 valence electrons. The van der Waals surface area contributed by atoms with Gasteiger partial charge in [-0.1, -0.05) is 162 Å². The molecule has 0 atom stereocenters. The van der Waals surface area contributed by atoms with Gasteiger partial charge < -0.3 is 25.0 Å². The Bertz CT molecular complexity index is 1130. The van der Waals surface area contributed by atoms with E-state index in [4.69, 9.17) is 14.9 Å². The summed E-state index contributed by atoms with van der Waals surface area (Å²) >= 11 is 0. The molecule has 0 aliphatic rings. The predicted octanol–water partition coefficient (Wildman–Crippen LogP) is 8.08. The molecule has 6 nitrogen and oxygen atoms in total. The first kappa shape index (κ1) is 42.0. The number of hydrogen-bond acceptors (Lipinski definition) is 3. The Labute approximate surface area is 298 Å². The van der Waals surface area contributed by atoms with Gasteiger partial charge in [0.1, 0.15) is 0 Å². The molecule has 0 fully saturated rings. The van der Waals surface area contributed by atoms with Gasteiger partial charge in [-0.15, -0.1) is 19.6 Å². The van der Waals surface area contributed by atoms with Gasteiger partial charge in [0, 0.05) is 0 Å². The van der Waals surface area contributed by atoms with Crippen molar-refractivity contribution < 1.29 is 31.3 Å². The van der Waals surface area contributed by atoms with Crippen LogP contribution in [0.5, 0.6) is 0 Å². The molecule has 0 bridgehead atoms. The van der Waals surface area contributed by atoms with Crippen molar-refractivity contribution in [2.75, 3.05) is 39.3 Å². The van der Waals surface area contributed by atoms with Crippen LogP contribution in [0.3, 0.4) is 0 Å². The smallest absolute Gasteiger partial charge is 0.858 e. The van der Waals surface area contributed by atoms with Crippen molar-refractivity contribution in [2.24, 2.45) is 4.99 Å². The maximum Gasteiger partial charge on any atom is 4.00 e. The SMILES string of the molecule is C[Si](C)(C)[N-]CCN(CC[N-][Si](C)(C)C)CC[N-][Si](C)(C)C.[O-]C(=Nc1ccccc1)P(c1ccccc1)c1ccccc1.[Zr+4]. The minimum atomic E-state index is -1.28. The monoisotopic (exact) mass is 753 g/mol. The molecule has 0 aliphatic carbocycles. The maximum absolute atomic E-state index is 12.8. The summed E-state index contributed by atoms with van der Waals surface area (Å²) in [6, 6.07) is 29.1. The van der Waals surface area contributed by atoms with E-state index < -0.39 is 32.6 Å². The van der Waals surface area contributed by atoms with Crippen molar-refractivity contribution in [2.45, 2.75) is 58.9 Å². The van der Waals surface area contributed by atoms with Crippen molar-refractivity contribution in [1.82, 2.24) is 4.90 Å². The van der Waals surface area contributed by atoms with Crippen LogP contribution in [0, 0.1) is 0 Å². The number of para-hydroxylation sites is 1. The predicted molar refractivity (Wildman–Crippen MR) is 204 cm³/mol. The van der Waals surface area contributed by atoms with Gasteiger partial charge in [0.15, 0.2) is 0 Å². The second-order valence-corrected chi connectivity index (χ2v) is 29.8. The average molecular weight is 755 g/mol. The first-order valence-corrected chi connectivity index (χ1v) is 27.3. The average Bonchev–Trinajstić information content (AvgIpc) is 2.93. The van der Waals surface area contributed by atoms with Gasteiger partial charge in [-0.3, -0.25) is 4.99 Å². The van der Waals surface area contributed by atoms with Crippen LogP contribution in [0.15, 0.2) is 96.0 Å². The van der Waals surface area contributed by atoms with Crippen LogP contribution < -0.4 is 15.7 Å². The number of benzene rings is 3. The third-order valence-corrected chi connectivity index (χ3v) is 11.8. The summed E-state index contributed by atoms with van der Waals surface area (Å²) < 4.78 is 0. The summed E-state index contributed by atoms with van der Waals surface area (Å²) in [6.07, 6.45) is 0. The van der Waals surface area contributed by atoms with Gasteiger partial charge in [0.25, 0.3) is 0 Å². The minimum Gasteiger partial charge on any atom is -0.858 e. The summed E-state index contributed by atoms with van der Waals surface area (Å²) in [7, 11) is -4.98. The number of hydrogen-bond donors (Lipinski definition) is 0. The molecule has 11 heteroatoms. The van der Waals surface area contributed by atoms with E-state index in [9.17, 15) is 5.11 Å². The van der Waals surface area contributed by atoms with E-state index in [1.165, 1.54) is 0 Å². The molecule has 0 saturated heterocycles. The fraction of sp³-hybridized carbons (Fsp3) is 0.441. The summed E-state index contributed by atoms with van der Waals surface area (Å²) in [5, 5.41) is 14.8. The normalized spacial score (nSPS) is 12.5. The Morgan fingerprint density at radius 1 is 0.578 bits per heavy atom. The Morgan fingerprint density at radius 3 is 1.20 bits per heavy atom. The zero-order valence-corrected chi connectivity index (χ0v) is 35.3. The first-order valence-electron chi connectivity index (χ1n) is 15.6. The van der Waals surface area contributed by atoms with Crippen LogP contribution in [-0.2, 0) is 26.2 Å². The molecular formula is C34H54N5OPSi3Zr. The number of nitrogens with zero attached hydrogens (tertiary/aromatic N) is 5. The molecule has 0 aromatic heterocycles. The van der Waals surface area contributed by atoms with Crippen molar-refractivity contribution >= 4 is 54.6 Å². The van der Waals surface area contributed by atoms with Crippen LogP contribution in [0.25, 0.3) is 14.9 Å². The second-order valence-electron chi connectivity index (χ2n) is 13.7. The Hall–Kier alpha value is -1.07. The van der Waals surface area contributed by atoms with Crippen molar-refractivity contribution in [1.29, 1.82) is 0 Å². The van der Waals surface area contributed by atoms with Crippen LogP contribution >= 0.6 is 7.92 Å². The van der Waals surface area contributed by atoms with E-state index >= 15 is 0 Å². The molecule has 0 aliphatic heterocycles. The van der Waals surface area contributed by atoms with Crippen molar-refractivity contribution in [3.63, 3.8) is 0 Å². The molecular weight excluding hydrogens is 701 g/mol. The molecule has 0 spiro atoms. The molecule has 3 aromatic rings. The number of aliphatic imine (C=N–C) groups is 1. The van der Waals surface area contributed by atoms with E-state index in [1.807, 2.05) is 91.0 Å². The van der Waals surface area contributed by atoms with Gasteiger partial charge in [-0.05, 0) is 55.9 Å². The quantitative estimate of drug-likeness (QED) is 0.0642. The summed E-state index contributed by atoms with van der Waals surface area (Å²) in [5.41, 5.74) is 0.616. The van der Waals surface area contributed by atoms with Gasteiger partial charge in [0.2, 0.25) is 0 Å². The largest absolute Gasteiger partial charge is 4.00 e. The van der Waals surface area contributed by atoms with Crippen molar-refractivity contribution in [3.8, 4) is 0 Å². The second kappa shape index (κ2) is 21.0. The van der Waals surface area contributed by atoms with Crippen LogP contribution in [0.2, 0.25) is 58.9 Å². The summed E-state index contributed by atoms with van der Waals surface area (Å²) in [5.74, 6) is 0. The Balaban J connectivity index is 0.000000440. The van der Waals surface area contributed by atoms with E-state index in [0.717, 1.165) is 49.9 Å². The Morgan fingerprint density at radius 2 is 0.889 bits per heavy atom. The van der Waals surface area contributed by atoms with Gasteiger partial charge in [-0.2, -0.15) is 0 Å². The third kappa shape index (κ3) is 20.0. The molecule has 3 aromatic carbocycles. The fourth-order valence-corrected chi connectivity index (χ4v) is 8.31. The zero-order valence-electron chi connectivity index (χ0n) is 29.0. The van der Waals surface area contributed by atoms with Crippen molar-refractivity contribution in [3.05, 3.63) is 106 Å². The topological polar surface area (TPSA) is 81.0 Å². The third-order valence-electron chi connectivity index (χ3n) is 6.21. The van der Waals surface area contributed by atoms with Crippen LogP contribution in [0.4, 0.5) is 5.69 Å². The maximum atomic E-state index is 12.8. The van der Waals surface area contributed by atoms with Gasteiger partial charge in [-0.25, -0.2) is 0 Å². The molecule has 0 N–H and O–H groups in total. The molecule has 0 heterocycles. The standard InChI is InChI=1S/C19H16NOP.C15H39N4Si3.Zr/c21-19(20-16-10-4-1-5-11-16)22(17-12-6-2-7-13-17)18-14-8-3-9-15-18;1-20(2,3)16-10-13-19(14-11-17-21(4,5)6)15-12-18-22(7,8)9;/h1-15H,(H,20,21);10-15H2,1-9H3;/q;-3;+4/p-1. The fourth-order valence-electron chi connectivity index (χ4n) is 4.10. The van der Waals surface area contributed by atoms with E-state index in [-0.39, 0.29) is 31.8 Å². The molecule has 3 rings (SSSR count). The van der Waals surface area contributed by atoms with E-state index in [1.54, 1.807) is 0 Å². The number of rotatable bonds is 16. The van der Waals surface area contributed by atoms with Crippen LogP contribution in [0.1, 0.15) is 0 Å². The summed E-state index contributed by atoms with van der Waals surface area (Å²) in [4.78, 5) is 21.4. The zero-order chi connectivity index (χ0) is 32.6. The first-order chi connectivity index (χ1) is 20.6. The van der Waals surface area contributed by atoms with Gasteiger partial charge >= 0.3 is 26.2 Å². The van der Waals surface area contributed by atoms with E-state index in [2.05, 4.69) is 68.8 Å². The van der Waals surface area contributed by atoms with Crippen LogP contribution in [-0.4, -0.2) is 74.5 Å². The Kier molecular flexibility index (Phi) is 19.6. The van der Waals surface area contributed by atoms with E-state index in [0.29, 0.717) is 5.69 Å². The van der Waals surface area contributed by atoms with Gasteiger partial charge in [0.05, 0.1) is 5.69 Å². The molecule has 0 radical (unpaired) electrons. The molecule has 45 heavy (non-hydrogen) atoms. The minimum absolute atomic E-state index is 0.